The summed E-state index contributed by atoms with van der Waals surface area (Å²) in [6.07, 6.45) is -13.8. The molecule has 14 heteroatoms. The maximum absolute atomic E-state index is 12.8. The lowest BCUT2D eigenvalue weighted by molar-refractivity contribution is -0.328. The van der Waals surface area contributed by atoms with Crippen LogP contribution in [0.3, 0.4) is 0 Å². The van der Waals surface area contributed by atoms with Crippen LogP contribution in [-0.2, 0) is 9.47 Å². The molecule has 1 saturated heterocycles. The summed E-state index contributed by atoms with van der Waals surface area (Å²) in [7, 11) is 0. The smallest absolute Gasteiger partial charge is 0.187 e. The van der Waals surface area contributed by atoms with Crippen LogP contribution in [0.25, 0.3) is 0 Å². The molecule has 0 unspecified atom stereocenters. The van der Waals surface area contributed by atoms with Crippen LogP contribution in [0.1, 0.15) is 47.4 Å². The lowest BCUT2D eigenvalue weighted by atomic mass is 9.81. The molecule has 9 N–H and O–H groups in total. The molecule has 0 radical (unpaired) electrons. The molecule has 2 fully saturated rings. The molecule has 3 aliphatic rings. The van der Waals surface area contributed by atoms with Gasteiger partial charge in [-0.15, -0.1) is 0 Å². The predicted molar refractivity (Wildman–Crippen MR) is 144 cm³/mol. The minimum atomic E-state index is -1.69. The van der Waals surface area contributed by atoms with Gasteiger partial charge in [0.05, 0.1) is 19.1 Å². The molecule has 0 amide bonds. The SMILES string of the molecule is Cc1cc([C@@H]2CC(=O)c3c(O)cc(O)cc3O2)cc(O[C@H]2C[C@@H](C)[C@H](O[C@H]3O[C@H](CO)[C@@H](O)[C@H](O)[C@H]3O)[C@@H](O)[C@H]2O)c1O. The number of aryl methyl sites for hydroxylation is 1. The Hall–Kier alpha value is -3.21. The fourth-order valence-electron chi connectivity index (χ4n) is 5.88. The summed E-state index contributed by atoms with van der Waals surface area (Å²) in [4.78, 5) is 12.8. The zero-order valence-electron chi connectivity index (χ0n) is 23.3. The molecule has 11 atom stereocenters. The zero-order chi connectivity index (χ0) is 31.3. The van der Waals surface area contributed by atoms with Crippen LogP contribution < -0.4 is 9.47 Å². The highest BCUT2D eigenvalue weighted by Gasteiger charge is 2.49. The zero-order valence-corrected chi connectivity index (χ0v) is 23.3. The maximum atomic E-state index is 12.8. The van der Waals surface area contributed by atoms with Crippen molar-refractivity contribution in [2.24, 2.45) is 5.92 Å². The van der Waals surface area contributed by atoms with E-state index in [0.29, 0.717) is 11.1 Å². The number of ketones is 1. The van der Waals surface area contributed by atoms with Crippen molar-refractivity contribution in [1.29, 1.82) is 0 Å². The van der Waals surface area contributed by atoms with E-state index in [9.17, 15) is 50.8 Å². The number of carbonyl (C=O) groups excluding carboxylic acids is 1. The van der Waals surface area contributed by atoms with E-state index in [4.69, 9.17) is 18.9 Å². The first kappa shape index (κ1) is 31.2. The first-order chi connectivity index (χ1) is 20.3. The fraction of sp³-hybridized carbons (Fsp3) is 0.552. The molecule has 236 valence electrons. The van der Waals surface area contributed by atoms with Crippen LogP contribution in [0.2, 0.25) is 0 Å². The standard InChI is InChI=1S/C29H36O14/c1-10-3-12(16-8-15(33)21-14(32)6-13(31)7-17(21)40-16)5-19(22(10)34)41-18-4-11(2)28(26(38)23(18)35)43-29-27(39)25(37)24(36)20(9-30)42-29/h3,5-7,11,16,18,20,23-32,34-39H,4,8-9H2,1-2H3/t11-,16+,18+,20-,23+,24-,25+,26+,27-,28+,29-/m1/s1. The second-order valence-corrected chi connectivity index (χ2v) is 11.4. The Balaban J connectivity index is 1.32. The number of phenolic OH excluding ortho intramolecular Hbond substituents is 3. The minimum Gasteiger partial charge on any atom is -0.508 e. The van der Waals surface area contributed by atoms with Crippen LogP contribution >= 0.6 is 0 Å². The number of rotatable bonds is 6. The molecule has 1 saturated carbocycles. The van der Waals surface area contributed by atoms with Gasteiger partial charge in [-0.2, -0.15) is 0 Å². The number of fused-ring (bicyclic) bond motifs is 1. The maximum Gasteiger partial charge on any atom is 0.187 e. The largest absolute Gasteiger partial charge is 0.508 e. The molecule has 43 heavy (non-hydrogen) atoms. The Morgan fingerprint density at radius 2 is 1.65 bits per heavy atom. The fourth-order valence-corrected chi connectivity index (χ4v) is 5.88. The highest BCUT2D eigenvalue weighted by molar-refractivity contribution is 6.02. The molecule has 2 heterocycles. The number of benzene rings is 2. The number of carbonyl (C=O) groups is 1. The third kappa shape index (κ3) is 5.84. The van der Waals surface area contributed by atoms with Crippen molar-refractivity contribution in [1.82, 2.24) is 0 Å². The summed E-state index contributed by atoms with van der Waals surface area (Å²) in [6.45, 7) is 2.62. The van der Waals surface area contributed by atoms with Crippen molar-refractivity contribution >= 4 is 5.78 Å². The molecule has 2 aliphatic heterocycles. The van der Waals surface area contributed by atoms with Crippen LogP contribution in [-0.4, -0.2) is 113 Å². The van der Waals surface area contributed by atoms with Gasteiger partial charge in [-0.25, -0.2) is 0 Å². The second kappa shape index (κ2) is 12.1. The van der Waals surface area contributed by atoms with Gasteiger partial charge in [0.15, 0.2) is 23.6 Å². The number of aromatic hydroxyl groups is 3. The second-order valence-electron chi connectivity index (χ2n) is 11.4. The van der Waals surface area contributed by atoms with Gasteiger partial charge in [0.1, 0.15) is 71.6 Å². The summed E-state index contributed by atoms with van der Waals surface area (Å²) in [5.74, 6) is -1.92. The van der Waals surface area contributed by atoms with Gasteiger partial charge in [0, 0.05) is 12.1 Å². The van der Waals surface area contributed by atoms with Crippen molar-refractivity contribution in [3.05, 3.63) is 41.0 Å². The number of ether oxygens (including phenoxy) is 4. The van der Waals surface area contributed by atoms with Gasteiger partial charge in [-0.3, -0.25) is 4.79 Å². The molecule has 1 aliphatic carbocycles. The molecular weight excluding hydrogens is 572 g/mol. The van der Waals surface area contributed by atoms with Crippen molar-refractivity contribution < 1.29 is 69.7 Å². The normalized spacial score (nSPS) is 36.1. The van der Waals surface area contributed by atoms with E-state index in [1.807, 2.05) is 0 Å². The molecule has 0 aromatic heterocycles. The van der Waals surface area contributed by atoms with Crippen LogP contribution in [0.4, 0.5) is 0 Å². The van der Waals surface area contributed by atoms with Gasteiger partial charge in [0.25, 0.3) is 0 Å². The third-order valence-corrected chi connectivity index (χ3v) is 8.30. The Morgan fingerprint density at radius 3 is 2.35 bits per heavy atom. The van der Waals surface area contributed by atoms with E-state index < -0.39 is 85.3 Å². The van der Waals surface area contributed by atoms with Crippen molar-refractivity contribution in [2.75, 3.05) is 6.61 Å². The van der Waals surface area contributed by atoms with Crippen molar-refractivity contribution in [2.45, 2.75) is 87.9 Å². The number of aliphatic hydroxyl groups excluding tert-OH is 6. The average Bonchev–Trinajstić information content (AvgIpc) is 2.95. The summed E-state index contributed by atoms with van der Waals surface area (Å²) in [5.41, 5.74) is 0.764. The van der Waals surface area contributed by atoms with Gasteiger partial charge < -0.3 is 64.9 Å². The van der Waals surface area contributed by atoms with E-state index in [-0.39, 0.29) is 41.4 Å². The number of Topliss-reactive ketones (excluding diaryl/α,β-unsaturated/α-hetero) is 1. The average molecular weight is 609 g/mol. The van der Waals surface area contributed by atoms with E-state index in [2.05, 4.69) is 0 Å². The molecule has 5 rings (SSSR count). The summed E-state index contributed by atoms with van der Waals surface area (Å²) in [6, 6.07) is 5.29. The molecule has 2 aromatic rings. The number of hydrogen-bond acceptors (Lipinski definition) is 14. The number of hydrogen-bond donors (Lipinski definition) is 9. The highest BCUT2D eigenvalue weighted by Crippen LogP contribution is 2.44. The van der Waals surface area contributed by atoms with Gasteiger partial charge in [-0.05, 0) is 42.5 Å². The van der Waals surface area contributed by atoms with Crippen molar-refractivity contribution in [3.63, 3.8) is 0 Å². The van der Waals surface area contributed by atoms with E-state index in [0.717, 1.165) is 6.07 Å². The number of aliphatic hydroxyl groups is 6. The lowest BCUT2D eigenvalue weighted by Gasteiger charge is -2.45. The number of phenols is 3. The Kier molecular flexibility index (Phi) is 8.75. The van der Waals surface area contributed by atoms with Gasteiger partial charge in [-0.1, -0.05) is 6.92 Å². The van der Waals surface area contributed by atoms with E-state index in [1.165, 1.54) is 12.1 Å². The molecular formula is C29H36O14. The topological polar surface area (TPSA) is 236 Å². The first-order valence-electron chi connectivity index (χ1n) is 13.9. The summed E-state index contributed by atoms with van der Waals surface area (Å²) in [5, 5.41) is 92.4. The molecule has 2 aromatic carbocycles. The van der Waals surface area contributed by atoms with Crippen LogP contribution in [0.15, 0.2) is 24.3 Å². The Bertz CT molecular complexity index is 1350. The van der Waals surface area contributed by atoms with E-state index in [1.54, 1.807) is 19.9 Å². The first-order valence-corrected chi connectivity index (χ1v) is 13.9. The monoisotopic (exact) mass is 608 g/mol. The summed E-state index contributed by atoms with van der Waals surface area (Å²) < 4.78 is 23.0. The van der Waals surface area contributed by atoms with E-state index >= 15 is 0 Å². The highest BCUT2D eigenvalue weighted by atomic mass is 16.7. The molecule has 14 nitrogen and oxygen atoms in total. The quantitative estimate of drug-likeness (QED) is 0.201. The molecule has 0 bridgehead atoms. The predicted octanol–water partition coefficient (Wildman–Crippen LogP) is -0.488. The van der Waals surface area contributed by atoms with Crippen LogP contribution in [0, 0.1) is 12.8 Å². The van der Waals surface area contributed by atoms with Gasteiger partial charge in [0.2, 0.25) is 0 Å². The summed E-state index contributed by atoms with van der Waals surface area (Å²) >= 11 is 0. The third-order valence-electron chi connectivity index (χ3n) is 8.30. The lowest BCUT2D eigenvalue weighted by Crippen LogP contribution is -2.62. The van der Waals surface area contributed by atoms with Crippen LogP contribution in [0.5, 0.6) is 28.7 Å². The Labute approximate surface area is 245 Å². The Morgan fingerprint density at radius 1 is 0.930 bits per heavy atom. The molecule has 0 spiro atoms. The minimum absolute atomic E-state index is 0.00274. The van der Waals surface area contributed by atoms with Crippen molar-refractivity contribution in [3.8, 4) is 28.7 Å². The van der Waals surface area contributed by atoms with Gasteiger partial charge >= 0.3 is 0 Å².